The third-order valence-corrected chi connectivity index (χ3v) is 3.26. The van der Waals surface area contributed by atoms with E-state index >= 15 is 0 Å². The molecule has 0 bridgehead atoms. The first-order valence-electron chi connectivity index (χ1n) is 6.54. The lowest BCUT2D eigenvalue weighted by Gasteiger charge is -2.22. The van der Waals surface area contributed by atoms with Crippen LogP contribution in [0.25, 0.3) is 0 Å². The Balaban J connectivity index is 1.87. The molecule has 1 aromatic carbocycles. The van der Waals surface area contributed by atoms with Gasteiger partial charge < -0.3 is 9.47 Å². The monoisotopic (exact) mass is 248 g/mol. The van der Waals surface area contributed by atoms with Crippen molar-refractivity contribution in [3.8, 4) is 5.75 Å². The number of ketones is 1. The molecule has 0 radical (unpaired) electrons. The van der Waals surface area contributed by atoms with Crippen molar-refractivity contribution in [2.24, 2.45) is 0 Å². The second-order valence-electron chi connectivity index (χ2n) is 4.76. The molecule has 1 unspecified atom stereocenters. The Labute approximate surface area is 108 Å². The van der Waals surface area contributed by atoms with E-state index in [-0.39, 0.29) is 6.10 Å². The molecule has 0 aliphatic heterocycles. The van der Waals surface area contributed by atoms with Crippen molar-refractivity contribution in [3.63, 3.8) is 0 Å². The van der Waals surface area contributed by atoms with E-state index in [1.54, 1.807) is 7.11 Å². The largest absolute Gasteiger partial charge is 0.490 e. The van der Waals surface area contributed by atoms with E-state index < -0.39 is 0 Å². The SMILES string of the molecule is COCCc1ccc(OC2CCCC(=O)C2)cc1. The molecule has 18 heavy (non-hydrogen) atoms. The number of methoxy groups -OCH3 is 1. The molecule has 3 heteroatoms. The van der Waals surface area contributed by atoms with Crippen LogP contribution in [-0.4, -0.2) is 25.6 Å². The lowest BCUT2D eigenvalue weighted by molar-refractivity contribution is -0.122. The maximum absolute atomic E-state index is 11.3. The van der Waals surface area contributed by atoms with Crippen LogP contribution >= 0.6 is 0 Å². The Morgan fingerprint density at radius 3 is 2.72 bits per heavy atom. The van der Waals surface area contributed by atoms with Crippen LogP contribution in [0.5, 0.6) is 5.75 Å². The number of hydrogen-bond acceptors (Lipinski definition) is 3. The van der Waals surface area contributed by atoms with Gasteiger partial charge in [0.15, 0.2) is 0 Å². The number of benzene rings is 1. The molecular formula is C15H20O3. The van der Waals surface area contributed by atoms with Crippen LogP contribution < -0.4 is 4.74 Å². The minimum absolute atomic E-state index is 0.0658. The predicted octanol–water partition coefficient (Wildman–Crippen LogP) is 2.77. The van der Waals surface area contributed by atoms with Gasteiger partial charge in [-0.3, -0.25) is 4.79 Å². The second kappa shape index (κ2) is 6.55. The van der Waals surface area contributed by atoms with Crippen molar-refractivity contribution in [2.45, 2.75) is 38.2 Å². The first-order chi connectivity index (χ1) is 8.78. The number of hydrogen-bond donors (Lipinski definition) is 0. The van der Waals surface area contributed by atoms with E-state index in [0.29, 0.717) is 12.2 Å². The summed E-state index contributed by atoms with van der Waals surface area (Å²) >= 11 is 0. The molecule has 1 saturated carbocycles. The van der Waals surface area contributed by atoms with E-state index in [9.17, 15) is 4.79 Å². The maximum Gasteiger partial charge on any atom is 0.136 e. The molecule has 1 aliphatic carbocycles. The smallest absolute Gasteiger partial charge is 0.136 e. The van der Waals surface area contributed by atoms with Crippen LogP contribution in [0.2, 0.25) is 0 Å². The summed E-state index contributed by atoms with van der Waals surface area (Å²) in [5, 5.41) is 0. The molecule has 0 saturated heterocycles. The normalized spacial score (nSPS) is 19.8. The Morgan fingerprint density at radius 2 is 2.06 bits per heavy atom. The van der Waals surface area contributed by atoms with Crippen molar-refractivity contribution in [3.05, 3.63) is 29.8 Å². The Bertz CT molecular complexity index is 383. The van der Waals surface area contributed by atoms with E-state index in [1.807, 2.05) is 12.1 Å². The van der Waals surface area contributed by atoms with Gasteiger partial charge in [0, 0.05) is 20.0 Å². The quantitative estimate of drug-likeness (QED) is 0.803. The van der Waals surface area contributed by atoms with Gasteiger partial charge in [-0.15, -0.1) is 0 Å². The molecule has 0 aromatic heterocycles. The highest BCUT2D eigenvalue weighted by Gasteiger charge is 2.20. The minimum Gasteiger partial charge on any atom is -0.490 e. The summed E-state index contributed by atoms with van der Waals surface area (Å²) in [6.45, 7) is 0.733. The maximum atomic E-state index is 11.3. The second-order valence-corrected chi connectivity index (χ2v) is 4.76. The molecule has 2 rings (SSSR count). The molecule has 0 amide bonds. The average molecular weight is 248 g/mol. The molecular weight excluding hydrogens is 228 g/mol. The molecule has 1 atom stereocenters. The number of carbonyl (C=O) groups excluding carboxylic acids is 1. The van der Waals surface area contributed by atoms with Crippen molar-refractivity contribution in [1.29, 1.82) is 0 Å². The highest BCUT2D eigenvalue weighted by atomic mass is 16.5. The van der Waals surface area contributed by atoms with Gasteiger partial charge >= 0.3 is 0 Å². The standard InChI is InChI=1S/C15H20O3/c1-17-10-9-12-5-7-14(8-6-12)18-15-4-2-3-13(16)11-15/h5-8,15H,2-4,9-11H2,1H3. The van der Waals surface area contributed by atoms with Crippen LogP contribution in [0.4, 0.5) is 0 Å². The van der Waals surface area contributed by atoms with Gasteiger partial charge in [0.05, 0.1) is 6.61 Å². The molecule has 1 aromatic rings. The lowest BCUT2D eigenvalue weighted by Crippen LogP contribution is -2.25. The summed E-state index contributed by atoms with van der Waals surface area (Å²) in [5.74, 6) is 1.18. The Hall–Kier alpha value is -1.35. The van der Waals surface area contributed by atoms with Gasteiger partial charge in [0.2, 0.25) is 0 Å². The molecule has 0 heterocycles. The third kappa shape index (κ3) is 3.84. The van der Waals surface area contributed by atoms with Crippen molar-refractivity contribution in [2.75, 3.05) is 13.7 Å². The molecule has 1 aliphatic rings. The van der Waals surface area contributed by atoms with E-state index in [1.165, 1.54) is 5.56 Å². The van der Waals surface area contributed by atoms with Gasteiger partial charge in [0.1, 0.15) is 17.6 Å². The zero-order valence-corrected chi connectivity index (χ0v) is 10.9. The number of rotatable bonds is 5. The highest BCUT2D eigenvalue weighted by Crippen LogP contribution is 2.22. The first kappa shape index (κ1) is 13.1. The Morgan fingerprint density at radius 1 is 1.28 bits per heavy atom. The fourth-order valence-electron chi connectivity index (χ4n) is 2.23. The van der Waals surface area contributed by atoms with E-state index in [4.69, 9.17) is 9.47 Å². The van der Waals surface area contributed by atoms with Gasteiger partial charge in [-0.1, -0.05) is 12.1 Å². The number of carbonyl (C=O) groups is 1. The average Bonchev–Trinajstić information content (AvgIpc) is 2.38. The number of ether oxygens (including phenoxy) is 2. The fourth-order valence-corrected chi connectivity index (χ4v) is 2.23. The Kier molecular flexibility index (Phi) is 4.76. The van der Waals surface area contributed by atoms with Crippen LogP contribution in [-0.2, 0) is 16.0 Å². The molecule has 0 spiro atoms. The van der Waals surface area contributed by atoms with E-state index in [0.717, 1.165) is 38.0 Å². The topological polar surface area (TPSA) is 35.5 Å². The summed E-state index contributed by atoms with van der Waals surface area (Å²) < 4.78 is 10.9. The predicted molar refractivity (Wildman–Crippen MR) is 69.9 cm³/mol. The van der Waals surface area contributed by atoms with Gasteiger partial charge in [-0.2, -0.15) is 0 Å². The zero-order valence-electron chi connectivity index (χ0n) is 10.9. The van der Waals surface area contributed by atoms with Crippen LogP contribution in [0.1, 0.15) is 31.2 Å². The van der Waals surface area contributed by atoms with E-state index in [2.05, 4.69) is 12.1 Å². The molecule has 98 valence electrons. The third-order valence-electron chi connectivity index (χ3n) is 3.26. The van der Waals surface area contributed by atoms with Crippen LogP contribution in [0, 0.1) is 0 Å². The summed E-state index contributed by atoms with van der Waals surface area (Å²) in [6.07, 6.45) is 4.20. The minimum atomic E-state index is 0.0658. The first-order valence-corrected chi connectivity index (χ1v) is 6.54. The molecule has 0 N–H and O–H groups in total. The summed E-state index contributed by atoms with van der Waals surface area (Å²) in [6, 6.07) is 8.06. The summed E-state index contributed by atoms with van der Waals surface area (Å²) in [5.41, 5.74) is 1.24. The zero-order chi connectivity index (χ0) is 12.8. The van der Waals surface area contributed by atoms with Crippen molar-refractivity contribution < 1.29 is 14.3 Å². The van der Waals surface area contributed by atoms with Crippen LogP contribution in [0.15, 0.2) is 24.3 Å². The molecule has 1 fully saturated rings. The van der Waals surface area contributed by atoms with Crippen molar-refractivity contribution in [1.82, 2.24) is 0 Å². The molecule has 3 nitrogen and oxygen atoms in total. The van der Waals surface area contributed by atoms with Gasteiger partial charge in [-0.25, -0.2) is 0 Å². The van der Waals surface area contributed by atoms with Crippen molar-refractivity contribution >= 4 is 5.78 Å². The number of Topliss-reactive ketones (excluding diaryl/α,β-unsaturated/α-hetero) is 1. The van der Waals surface area contributed by atoms with Gasteiger partial charge in [0.25, 0.3) is 0 Å². The summed E-state index contributed by atoms with van der Waals surface area (Å²) in [7, 11) is 1.71. The summed E-state index contributed by atoms with van der Waals surface area (Å²) in [4.78, 5) is 11.3. The fraction of sp³-hybridized carbons (Fsp3) is 0.533. The highest BCUT2D eigenvalue weighted by molar-refractivity contribution is 5.79. The lowest BCUT2D eigenvalue weighted by atomic mass is 9.96. The van der Waals surface area contributed by atoms with Gasteiger partial charge in [-0.05, 0) is 37.0 Å². The van der Waals surface area contributed by atoms with Crippen LogP contribution in [0.3, 0.4) is 0 Å².